The highest BCUT2D eigenvalue weighted by Gasteiger charge is 2.33. The van der Waals surface area contributed by atoms with Crippen LogP contribution in [0.25, 0.3) is 11.2 Å². The molecular weight excluding hydrogens is 342 g/mol. The van der Waals surface area contributed by atoms with Crippen molar-refractivity contribution in [2.24, 2.45) is 20.0 Å². The Labute approximate surface area is 148 Å². The highest BCUT2D eigenvalue weighted by Crippen LogP contribution is 2.22. The highest BCUT2D eigenvalue weighted by molar-refractivity contribution is 5.78. The maximum atomic E-state index is 12.7. The molecule has 0 aromatic carbocycles. The number of aromatic nitrogens is 4. The Morgan fingerprint density at radius 1 is 1.27 bits per heavy atom. The van der Waals surface area contributed by atoms with Crippen molar-refractivity contribution in [3.8, 4) is 0 Å². The number of aliphatic carboxylic acids is 1. The van der Waals surface area contributed by atoms with Crippen molar-refractivity contribution in [1.29, 1.82) is 0 Å². The number of aryl methyl sites for hydroxylation is 2. The number of hydrogen-bond donors (Lipinski definition) is 1. The number of amides is 1. The first kappa shape index (κ1) is 17.9. The monoisotopic (exact) mass is 363 g/mol. The summed E-state index contributed by atoms with van der Waals surface area (Å²) in [6.07, 6.45) is 2.50. The van der Waals surface area contributed by atoms with Gasteiger partial charge in [-0.15, -0.1) is 0 Å². The van der Waals surface area contributed by atoms with Crippen LogP contribution in [-0.4, -0.2) is 53.2 Å². The van der Waals surface area contributed by atoms with E-state index in [-0.39, 0.29) is 23.8 Å². The smallest absolute Gasteiger partial charge is 0.332 e. The lowest BCUT2D eigenvalue weighted by Crippen LogP contribution is -2.51. The standard InChI is InChI=1S/C16H21N5O5/c1-9-4-5-10(15(24)25)6-20(9)11(22)7-21-14(23)12-13(17-8-18(12)2)19(3)16(21)26/h8-10H,4-7H2,1-3H3,(H,24,25). The normalized spacial score (nSPS) is 20.5. The molecule has 0 radical (unpaired) electrons. The molecule has 3 rings (SSSR count). The molecule has 1 N–H and O–H groups in total. The van der Waals surface area contributed by atoms with Crippen LogP contribution in [0.3, 0.4) is 0 Å². The first-order valence-corrected chi connectivity index (χ1v) is 8.35. The van der Waals surface area contributed by atoms with Crippen molar-refractivity contribution in [1.82, 2.24) is 23.6 Å². The molecule has 0 aliphatic carbocycles. The maximum absolute atomic E-state index is 12.7. The van der Waals surface area contributed by atoms with Crippen molar-refractivity contribution in [3.63, 3.8) is 0 Å². The third-order valence-electron chi connectivity index (χ3n) is 5.05. The minimum atomic E-state index is -0.945. The fourth-order valence-electron chi connectivity index (χ4n) is 3.42. The summed E-state index contributed by atoms with van der Waals surface area (Å²) >= 11 is 0. The van der Waals surface area contributed by atoms with Crippen LogP contribution >= 0.6 is 0 Å². The van der Waals surface area contributed by atoms with E-state index < -0.39 is 35.6 Å². The fraction of sp³-hybridized carbons (Fsp3) is 0.562. The van der Waals surface area contributed by atoms with Crippen molar-refractivity contribution < 1.29 is 14.7 Å². The van der Waals surface area contributed by atoms with Gasteiger partial charge in [0.25, 0.3) is 5.56 Å². The van der Waals surface area contributed by atoms with Crippen molar-refractivity contribution >= 4 is 23.0 Å². The number of nitrogens with zero attached hydrogens (tertiary/aromatic N) is 5. The first-order valence-electron chi connectivity index (χ1n) is 8.35. The number of fused-ring (bicyclic) bond motifs is 1. The van der Waals surface area contributed by atoms with Gasteiger partial charge in [-0.1, -0.05) is 0 Å². The maximum Gasteiger partial charge on any atom is 0.332 e. The Hall–Kier alpha value is -2.91. The predicted molar refractivity (Wildman–Crippen MR) is 91.7 cm³/mol. The number of carbonyl (C=O) groups is 2. The summed E-state index contributed by atoms with van der Waals surface area (Å²) in [6.45, 7) is 1.49. The van der Waals surface area contributed by atoms with Crippen LogP contribution in [0, 0.1) is 5.92 Å². The molecule has 1 fully saturated rings. The number of likely N-dealkylation sites (tertiary alicyclic amines) is 1. The van der Waals surface area contributed by atoms with Gasteiger partial charge < -0.3 is 14.6 Å². The Kier molecular flexibility index (Phi) is 4.43. The minimum absolute atomic E-state index is 0.0817. The summed E-state index contributed by atoms with van der Waals surface area (Å²) in [5.74, 6) is -2.02. The van der Waals surface area contributed by atoms with Crippen molar-refractivity contribution in [2.75, 3.05) is 6.54 Å². The summed E-state index contributed by atoms with van der Waals surface area (Å²) in [7, 11) is 3.12. The molecule has 1 aliphatic heterocycles. The van der Waals surface area contributed by atoms with Gasteiger partial charge in [0, 0.05) is 26.7 Å². The summed E-state index contributed by atoms with van der Waals surface area (Å²) in [5.41, 5.74) is -0.733. The summed E-state index contributed by atoms with van der Waals surface area (Å²) < 4.78 is 3.61. The number of imidazole rings is 1. The first-order chi connectivity index (χ1) is 12.2. The quantitative estimate of drug-likeness (QED) is 0.758. The molecule has 10 heteroatoms. The average Bonchev–Trinajstić information content (AvgIpc) is 2.98. The molecular formula is C16H21N5O5. The Balaban J connectivity index is 1.97. The van der Waals surface area contributed by atoms with Crippen molar-refractivity contribution in [2.45, 2.75) is 32.4 Å². The SMILES string of the molecule is CC1CCC(C(=O)O)CN1C(=O)Cn1c(=O)c2c(ncn2C)n(C)c1=O. The van der Waals surface area contributed by atoms with Gasteiger partial charge in [-0.05, 0) is 19.8 Å². The molecule has 2 aromatic rings. The molecule has 2 unspecified atom stereocenters. The van der Waals surface area contributed by atoms with Gasteiger partial charge in [-0.2, -0.15) is 0 Å². The van der Waals surface area contributed by atoms with E-state index in [0.717, 1.165) is 4.57 Å². The van der Waals surface area contributed by atoms with Gasteiger partial charge >= 0.3 is 11.7 Å². The molecule has 140 valence electrons. The van der Waals surface area contributed by atoms with Crippen LogP contribution in [0.15, 0.2) is 15.9 Å². The van der Waals surface area contributed by atoms with E-state index in [1.807, 2.05) is 6.92 Å². The van der Waals surface area contributed by atoms with Crippen LogP contribution in [0.5, 0.6) is 0 Å². The zero-order chi connectivity index (χ0) is 19.2. The van der Waals surface area contributed by atoms with Crippen LogP contribution in [0.4, 0.5) is 0 Å². The molecule has 1 saturated heterocycles. The van der Waals surface area contributed by atoms with Gasteiger partial charge in [0.05, 0.1) is 12.2 Å². The van der Waals surface area contributed by atoms with E-state index in [1.54, 1.807) is 7.05 Å². The van der Waals surface area contributed by atoms with E-state index >= 15 is 0 Å². The van der Waals surface area contributed by atoms with Crippen LogP contribution in [-0.2, 0) is 30.2 Å². The Morgan fingerprint density at radius 3 is 2.62 bits per heavy atom. The second kappa shape index (κ2) is 6.43. The van der Waals surface area contributed by atoms with E-state index in [2.05, 4.69) is 4.98 Å². The fourth-order valence-corrected chi connectivity index (χ4v) is 3.42. The number of rotatable bonds is 3. The molecule has 2 atom stereocenters. The second-order valence-electron chi connectivity index (χ2n) is 6.77. The Bertz CT molecular complexity index is 1000. The topological polar surface area (TPSA) is 119 Å². The predicted octanol–water partition coefficient (Wildman–Crippen LogP) is -0.855. The van der Waals surface area contributed by atoms with Gasteiger partial charge in [-0.25, -0.2) is 14.3 Å². The molecule has 26 heavy (non-hydrogen) atoms. The lowest BCUT2D eigenvalue weighted by Gasteiger charge is -2.36. The summed E-state index contributed by atoms with van der Waals surface area (Å²) in [6, 6.07) is -0.141. The van der Waals surface area contributed by atoms with Gasteiger partial charge in [0.15, 0.2) is 11.2 Å². The molecule has 1 amide bonds. The van der Waals surface area contributed by atoms with Gasteiger partial charge in [0.2, 0.25) is 5.91 Å². The molecule has 0 bridgehead atoms. The third kappa shape index (κ3) is 2.80. The summed E-state index contributed by atoms with van der Waals surface area (Å²) in [4.78, 5) is 54.6. The lowest BCUT2D eigenvalue weighted by atomic mass is 9.93. The van der Waals surface area contributed by atoms with Gasteiger partial charge in [-0.3, -0.25) is 19.0 Å². The van der Waals surface area contributed by atoms with Crippen molar-refractivity contribution in [3.05, 3.63) is 27.2 Å². The molecule has 1 aliphatic rings. The zero-order valence-electron chi connectivity index (χ0n) is 14.9. The number of carboxylic acids is 1. The van der Waals surface area contributed by atoms with E-state index in [1.165, 1.54) is 27.4 Å². The van der Waals surface area contributed by atoms with E-state index in [4.69, 9.17) is 0 Å². The average molecular weight is 363 g/mol. The number of piperidine rings is 1. The van der Waals surface area contributed by atoms with Gasteiger partial charge in [0.1, 0.15) is 6.54 Å². The molecule has 0 saturated carbocycles. The molecule has 2 aromatic heterocycles. The van der Waals surface area contributed by atoms with Crippen LogP contribution in [0.1, 0.15) is 19.8 Å². The number of carbonyl (C=O) groups excluding carboxylic acids is 1. The minimum Gasteiger partial charge on any atom is -0.481 e. The van der Waals surface area contributed by atoms with E-state index in [9.17, 15) is 24.3 Å². The third-order valence-corrected chi connectivity index (χ3v) is 5.05. The lowest BCUT2D eigenvalue weighted by molar-refractivity contribution is -0.147. The van der Waals surface area contributed by atoms with Crippen LogP contribution < -0.4 is 11.2 Å². The number of hydrogen-bond acceptors (Lipinski definition) is 5. The molecule has 0 spiro atoms. The second-order valence-corrected chi connectivity index (χ2v) is 6.77. The van der Waals surface area contributed by atoms with E-state index in [0.29, 0.717) is 12.8 Å². The summed E-state index contributed by atoms with van der Waals surface area (Å²) in [5, 5.41) is 9.21. The number of carboxylic acid groups (broad SMARTS) is 1. The Morgan fingerprint density at radius 2 is 1.96 bits per heavy atom. The molecule has 3 heterocycles. The van der Waals surface area contributed by atoms with Crippen LogP contribution in [0.2, 0.25) is 0 Å². The zero-order valence-corrected chi connectivity index (χ0v) is 14.9. The molecule has 10 nitrogen and oxygen atoms in total. The highest BCUT2D eigenvalue weighted by atomic mass is 16.4. The largest absolute Gasteiger partial charge is 0.481 e.